The number of ether oxygens (including phenoxy) is 1. The Balaban J connectivity index is 2.34. The molecule has 0 aliphatic rings. The van der Waals surface area contributed by atoms with Crippen LogP contribution in [0.25, 0.3) is 0 Å². The summed E-state index contributed by atoms with van der Waals surface area (Å²) in [5.41, 5.74) is 2.36. The van der Waals surface area contributed by atoms with Gasteiger partial charge in [-0.2, -0.15) is 11.8 Å². The molecule has 0 unspecified atom stereocenters. The van der Waals surface area contributed by atoms with Gasteiger partial charge in [0.1, 0.15) is 5.75 Å². The zero-order chi connectivity index (χ0) is 11.8. The molecule has 1 aromatic rings. The van der Waals surface area contributed by atoms with Gasteiger partial charge in [0.2, 0.25) is 0 Å². The van der Waals surface area contributed by atoms with Crippen LogP contribution in [0.15, 0.2) is 18.2 Å². The van der Waals surface area contributed by atoms with Crippen molar-refractivity contribution in [2.45, 2.75) is 20.3 Å². The Morgan fingerprint density at radius 1 is 1.38 bits per heavy atom. The molecule has 1 rings (SSSR count). The lowest BCUT2D eigenvalue weighted by Gasteiger charge is -2.09. The zero-order valence-corrected chi connectivity index (χ0v) is 11.2. The Labute approximate surface area is 103 Å². The second-order valence-corrected chi connectivity index (χ2v) is 5.06. The van der Waals surface area contributed by atoms with E-state index in [2.05, 4.69) is 31.3 Å². The summed E-state index contributed by atoms with van der Waals surface area (Å²) in [5, 5.41) is 3.43. The van der Waals surface area contributed by atoms with Gasteiger partial charge in [-0.05, 0) is 48.6 Å². The van der Waals surface area contributed by atoms with Gasteiger partial charge < -0.3 is 10.1 Å². The van der Waals surface area contributed by atoms with Crippen LogP contribution in [-0.4, -0.2) is 25.2 Å². The van der Waals surface area contributed by atoms with E-state index in [0.717, 1.165) is 12.3 Å². The van der Waals surface area contributed by atoms with Crippen molar-refractivity contribution >= 4 is 17.4 Å². The van der Waals surface area contributed by atoms with E-state index in [9.17, 15) is 0 Å². The van der Waals surface area contributed by atoms with Crippen LogP contribution in [0.3, 0.4) is 0 Å². The summed E-state index contributed by atoms with van der Waals surface area (Å²) in [6, 6.07) is 6.21. The molecule has 1 aromatic carbocycles. The van der Waals surface area contributed by atoms with E-state index in [1.165, 1.54) is 29.2 Å². The Kier molecular flexibility index (Phi) is 6.16. The van der Waals surface area contributed by atoms with Gasteiger partial charge in [0.25, 0.3) is 0 Å². The van der Waals surface area contributed by atoms with Gasteiger partial charge in [0.15, 0.2) is 0 Å². The molecule has 2 nitrogen and oxygen atoms in total. The number of benzene rings is 1. The Morgan fingerprint density at radius 3 is 2.81 bits per heavy atom. The average Bonchev–Trinajstić information content (AvgIpc) is 2.29. The van der Waals surface area contributed by atoms with Crippen LogP contribution in [0.4, 0.5) is 5.69 Å². The topological polar surface area (TPSA) is 21.3 Å². The van der Waals surface area contributed by atoms with Crippen molar-refractivity contribution < 1.29 is 4.74 Å². The third-order valence-corrected chi connectivity index (χ3v) is 3.38. The van der Waals surface area contributed by atoms with Crippen LogP contribution in [0.1, 0.15) is 18.9 Å². The molecule has 90 valence electrons. The molecule has 0 saturated heterocycles. The number of hydrogen-bond donors (Lipinski definition) is 1. The highest BCUT2D eigenvalue weighted by atomic mass is 32.2. The fourth-order valence-corrected chi connectivity index (χ4v) is 2.18. The van der Waals surface area contributed by atoms with Crippen molar-refractivity contribution in [2.24, 2.45) is 0 Å². The summed E-state index contributed by atoms with van der Waals surface area (Å²) < 4.78 is 5.23. The first-order valence-electron chi connectivity index (χ1n) is 5.74. The molecule has 0 spiro atoms. The van der Waals surface area contributed by atoms with Gasteiger partial charge in [0.05, 0.1) is 7.11 Å². The monoisotopic (exact) mass is 239 g/mol. The van der Waals surface area contributed by atoms with E-state index in [4.69, 9.17) is 4.74 Å². The lowest BCUT2D eigenvalue weighted by atomic mass is 10.2. The van der Waals surface area contributed by atoms with Crippen molar-refractivity contribution in [3.05, 3.63) is 23.8 Å². The molecule has 0 bridgehead atoms. The number of thioether (sulfide) groups is 1. The number of rotatable bonds is 7. The van der Waals surface area contributed by atoms with Crippen LogP contribution in [0.5, 0.6) is 5.75 Å². The number of aryl methyl sites for hydroxylation is 1. The van der Waals surface area contributed by atoms with E-state index in [1.807, 2.05) is 17.8 Å². The van der Waals surface area contributed by atoms with Crippen molar-refractivity contribution in [3.63, 3.8) is 0 Å². The highest BCUT2D eigenvalue weighted by Gasteiger charge is 1.98. The minimum Gasteiger partial charge on any atom is -0.496 e. The molecule has 0 amide bonds. The van der Waals surface area contributed by atoms with Crippen LogP contribution in [-0.2, 0) is 0 Å². The van der Waals surface area contributed by atoms with Gasteiger partial charge >= 0.3 is 0 Å². The number of methoxy groups -OCH3 is 1. The highest BCUT2D eigenvalue weighted by molar-refractivity contribution is 7.99. The van der Waals surface area contributed by atoms with Gasteiger partial charge in [-0.1, -0.05) is 6.92 Å². The second kappa shape index (κ2) is 7.44. The second-order valence-electron chi connectivity index (χ2n) is 3.66. The summed E-state index contributed by atoms with van der Waals surface area (Å²) in [6.07, 6.45) is 1.21. The smallest absolute Gasteiger partial charge is 0.121 e. The maximum atomic E-state index is 5.23. The van der Waals surface area contributed by atoms with Crippen LogP contribution < -0.4 is 10.1 Å². The Morgan fingerprint density at radius 2 is 2.19 bits per heavy atom. The molecule has 0 heterocycles. The van der Waals surface area contributed by atoms with E-state index in [0.29, 0.717) is 0 Å². The van der Waals surface area contributed by atoms with Gasteiger partial charge in [-0.15, -0.1) is 0 Å². The van der Waals surface area contributed by atoms with E-state index < -0.39 is 0 Å². The zero-order valence-electron chi connectivity index (χ0n) is 10.4. The van der Waals surface area contributed by atoms with E-state index >= 15 is 0 Å². The Hall–Kier alpha value is -0.830. The van der Waals surface area contributed by atoms with Crippen molar-refractivity contribution in [1.29, 1.82) is 0 Å². The van der Waals surface area contributed by atoms with Gasteiger partial charge in [-0.3, -0.25) is 0 Å². The normalized spacial score (nSPS) is 10.2. The fraction of sp³-hybridized carbons (Fsp3) is 0.538. The molecule has 0 fully saturated rings. The molecule has 0 saturated carbocycles. The molecule has 0 atom stereocenters. The van der Waals surface area contributed by atoms with Crippen molar-refractivity contribution in [1.82, 2.24) is 0 Å². The predicted octanol–water partition coefficient (Wildman–Crippen LogP) is 3.56. The molecular formula is C13H21NOS. The maximum absolute atomic E-state index is 5.23. The molecule has 3 heteroatoms. The van der Waals surface area contributed by atoms with Gasteiger partial charge in [0, 0.05) is 12.2 Å². The molecule has 1 N–H and O–H groups in total. The summed E-state index contributed by atoms with van der Waals surface area (Å²) >= 11 is 1.99. The fourth-order valence-electron chi connectivity index (χ4n) is 1.54. The Bertz CT molecular complexity index is 315. The highest BCUT2D eigenvalue weighted by Crippen LogP contribution is 2.21. The molecule has 0 aromatic heterocycles. The van der Waals surface area contributed by atoms with E-state index in [1.54, 1.807) is 7.11 Å². The third-order valence-electron chi connectivity index (χ3n) is 2.39. The molecular weight excluding hydrogens is 218 g/mol. The number of nitrogens with one attached hydrogen (secondary N) is 1. The maximum Gasteiger partial charge on any atom is 0.121 e. The van der Waals surface area contributed by atoms with Crippen molar-refractivity contribution in [2.75, 3.05) is 30.5 Å². The standard InChI is InChI=1S/C13H21NOS/c1-4-16-9-5-8-14-12-6-7-13(15-3)11(2)10-12/h6-7,10,14H,4-5,8-9H2,1-3H3. The average molecular weight is 239 g/mol. The summed E-state index contributed by atoms with van der Waals surface area (Å²) in [6.45, 7) is 5.31. The van der Waals surface area contributed by atoms with Crippen LogP contribution >= 0.6 is 11.8 Å². The van der Waals surface area contributed by atoms with Crippen LogP contribution in [0.2, 0.25) is 0 Å². The number of anilines is 1. The molecule has 16 heavy (non-hydrogen) atoms. The summed E-state index contributed by atoms with van der Waals surface area (Å²) in [4.78, 5) is 0. The summed E-state index contributed by atoms with van der Waals surface area (Å²) in [7, 11) is 1.71. The first-order valence-corrected chi connectivity index (χ1v) is 6.89. The minimum atomic E-state index is 0.951. The first kappa shape index (κ1) is 13.2. The number of hydrogen-bond acceptors (Lipinski definition) is 3. The minimum absolute atomic E-state index is 0.951. The predicted molar refractivity (Wildman–Crippen MR) is 73.8 cm³/mol. The molecule has 0 aliphatic heterocycles. The molecule has 0 aliphatic carbocycles. The quantitative estimate of drug-likeness (QED) is 0.735. The van der Waals surface area contributed by atoms with E-state index in [-0.39, 0.29) is 0 Å². The lowest BCUT2D eigenvalue weighted by Crippen LogP contribution is -2.03. The van der Waals surface area contributed by atoms with Crippen LogP contribution in [0, 0.1) is 6.92 Å². The van der Waals surface area contributed by atoms with Gasteiger partial charge in [-0.25, -0.2) is 0 Å². The lowest BCUT2D eigenvalue weighted by molar-refractivity contribution is 0.412. The molecule has 0 radical (unpaired) electrons. The largest absolute Gasteiger partial charge is 0.496 e. The third kappa shape index (κ3) is 4.35. The SMILES string of the molecule is CCSCCCNc1ccc(OC)c(C)c1. The van der Waals surface area contributed by atoms with Crippen molar-refractivity contribution in [3.8, 4) is 5.75 Å². The first-order chi connectivity index (χ1) is 7.77. The summed E-state index contributed by atoms with van der Waals surface area (Å²) in [5.74, 6) is 3.40.